The van der Waals surface area contributed by atoms with Gasteiger partial charge in [-0.3, -0.25) is 14.5 Å². The summed E-state index contributed by atoms with van der Waals surface area (Å²) in [6, 6.07) is 3.50. The lowest BCUT2D eigenvalue weighted by Crippen LogP contribution is -2.26. The zero-order valence-corrected chi connectivity index (χ0v) is 17.5. The highest BCUT2D eigenvalue weighted by Gasteiger charge is 2.31. The first-order valence-corrected chi connectivity index (χ1v) is 10.4. The van der Waals surface area contributed by atoms with Gasteiger partial charge in [-0.1, -0.05) is 32.4 Å². The largest absolute Gasteiger partial charge is 0.296 e. The minimum Gasteiger partial charge on any atom is -0.296 e. The van der Waals surface area contributed by atoms with Crippen molar-refractivity contribution in [3.8, 4) is 0 Å². The van der Waals surface area contributed by atoms with Gasteiger partial charge in [0.25, 0.3) is 5.91 Å². The van der Waals surface area contributed by atoms with E-state index < -0.39 is 0 Å². The van der Waals surface area contributed by atoms with Crippen LogP contribution in [0.2, 0.25) is 5.02 Å². The molecule has 142 valence electrons. The number of hydrogen-bond donors (Lipinski definition) is 1. The summed E-state index contributed by atoms with van der Waals surface area (Å²) in [5, 5.41) is 4.24. The molecule has 0 bridgehead atoms. The van der Waals surface area contributed by atoms with Crippen molar-refractivity contribution in [1.29, 1.82) is 0 Å². The zero-order chi connectivity index (χ0) is 19.3. The van der Waals surface area contributed by atoms with E-state index in [9.17, 15) is 4.79 Å². The van der Waals surface area contributed by atoms with Crippen LogP contribution in [-0.2, 0) is 12.8 Å². The highest BCUT2D eigenvalue weighted by molar-refractivity contribution is 7.15. The van der Waals surface area contributed by atoms with Crippen LogP contribution in [0.25, 0.3) is 5.65 Å². The quantitative estimate of drug-likeness (QED) is 0.644. The molecule has 1 atom stereocenters. The fraction of sp³-hybridized carbons (Fsp3) is 0.450. The van der Waals surface area contributed by atoms with E-state index in [1.807, 2.05) is 6.92 Å². The second kappa shape index (κ2) is 6.60. The number of pyridine rings is 1. The van der Waals surface area contributed by atoms with E-state index in [4.69, 9.17) is 11.6 Å². The summed E-state index contributed by atoms with van der Waals surface area (Å²) in [7, 11) is 0. The molecule has 1 amide bonds. The molecule has 0 saturated carbocycles. The standard InChI is InChI=1S/C20H23ClN4OS/c1-11-17(25-8-7-13(21)10-16(25)22-11)18(26)24-19-23-14-6-5-12(20(2,3)4)9-15(14)27-19/h7-8,10,12H,5-6,9H2,1-4H3,(H,23,24,26). The van der Waals surface area contributed by atoms with Gasteiger partial charge >= 0.3 is 0 Å². The van der Waals surface area contributed by atoms with Crippen molar-refractivity contribution < 1.29 is 4.79 Å². The molecule has 3 heterocycles. The Bertz CT molecular complexity index is 1030. The van der Waals surface area contributed by atoms with Gasteiger partial charge in [-0.2, -0.15) is 0 Å². The van der Waals surface area contributed by atoms with Gasteiger partial charge in [-0.15, -0.1) is 11.3 Å². The van der Waals surface area contributed by atoms with Crippen molar-refractivity contribution in [2.24, 2.45) is 11.3 Å². The number of nitrogens with one attached hydrogen (secondary N) is 1. The van der Waals surface area contributed by atoms with Crippen molar-refractivity contribution in [1.82, 2.24) is 14.4 Å². The van der Waals surface area contributed by atoms with Crippen LogP contribution in [0.15, 0.2) is 18.3 Å². The SMILES string of the molecule is Cc1nc2cc(Cl)ccn2c1C(=O)Nc1nc2c(s1)CC(C(C)(C)C)CC2. The number of thiazole rings is 1. The third kappa shape index (κ3) is 3.48. The number of aromatic nitrogens is 3. The predicted octanol–water partition coefficient (Wildman–Crippen LogP) is 5.16. The lowest BCUT2D eigenvalue weighted by atomic mass is 9.73. The number of fused-ring (bicyclic) bond motifs is 2. The number of nitrogens with zero attached hydrogens (tertiary/aromatic N) is 3. The van der Waals surface area contributed by atoms with Crippen LogP contribution in [0, 0.1) is 18.3 Å². The summed E-state index contributed by atoms with van der Waals surface area (Å²) in [5.74, 6) is 0.459. The number of halogens is 1. The number of amides is 1. The smallest absolute Gasteiger partial charge is 0.276 e. The first kappa shape index (κ1) is 18.4. The molecule has 0 aliphatic heterocycles. The third-order valence-electron chi connectivity index (χ3n) is 5.36. The maximum Gasteiger partial charge on any atom is 0.276 e. The lowest BCUT2D eigenvalue weighted by molar-refractivity contribution is 0.102. The van der Waals surface area contributed by atoms with E-state index >= 15 is 0 Å². The summed E-state index contributed by atoms with van der Waals surface area (Å²) in [6.45, 7) is 8.72. The molecule has 1 N–H and O–H groups in total. The summed E-state index contributed by atoms with van der Waals surface area (Å²) >= 11 is 7.63. The van der Waals surface area contributed by atoms with Gasteiger partial charge in [0, 0.05) is 22.2 Å². The van der Waals surface area contributed by atoms with Gasteiger partial charge in [0.05, 0.1) is 11.4 Å². The monoisotopic (exact) mass is 402 g/mol. The highest BCUT2D eigenvalue weighted by Crippen LogP contribution is 2.40. The number of hydrogen-bond acceptors (Lipinski definition) is 4. The molecule has 27 heavy (non-hydrogen) atoms. The summed E-state index contributed by atoms with van der Waals surface area (Å²) in [4.78, 5) is 23.3. The summed E-state index contributed by atoms with van der Waals surface area (Å²) in [6.07, 6.45) is 4.95. The van der Waals surface area contributed by atoms with Crippen LogP contribution in [0.5, 0.6) is 0 Å². The van der Waals surface area contributed by atoms with E-state index in [0.29, 0.717) is 38.5 Å². The minimum absolute atomic E-state index is 0.194. The molecule has 5 nitrogen and oxygen atoms in total. The molecule has 1 aliphatic rings. The van der Waals surface area contributed by atoms with Crippen LogP contribution in [0.3, 0.4) is 0 Å². The second-order valence-electron chi connectivity index (χ2n) is 8.27. The molecule has 0 spiro atoms. The summed E-state index contributed by atoms with van der Waals surface area (Å²) < 4.78 is 1.76. The van der Waals surface area contributed by atoms with Crippen molar-refractivity contribution in [2.45, 2.75) is 47.0 Å². The van der Waals surface area contributed by atoms with Gasteiger partial charge in [-0.05, 0) is 43.6 Å². The van der Waals surface area contributed by atoms with Crippen LogP contribution >= 0.6 is 22.9 Å². The molecular weight excluding hydrogens is 380 g/mol. The van der Waals surface area contributed by atoms with Gasteiger partial charge < -0.3 is 0 Å². The zero-order valence-electron chi connectivity index (χ0n) is 16.0. The Kier molecular flexibility index (Phi) is 4.51. The van der Waals surface area contributed by atoms with E-state index in [1.165, 1.54) is 4.88 Å². The Morgan fingerprint density at radius 1 is 1.37 bits per heavy atom. The van der Waals surface area contributed by atoms with E-state index in [1.54, 1.807) is 34.1 Å². The summed E-state index contributed by atoms with van der Waals surface area (Å²) in [5.41, 5.74) is 3.28. The Balaban J connectivity index is 1.58. The van der Waals surface area contributed by atoms with Crippen LogP contribution in [0.1, 0.15) is 53.9 Å². The first-order valence-electron chi connectivity index (χ1n) is 9.16. The first-order chi connectivity index (χ1) is 12.7. The molecular formula is C20H23ClN4OS. The number of carbonyl (C=O) groups is 1. The molecule has 3 aromatic heterocycles. The predicted molar refractivity (Wildman–Crippen MR) is 110 cm³/mol. The number of carbonyl (C=O) groups excluding carboxylic acids is 1. The van der Waals surface area contributed by atoms with E-state index in [-0.39, 0.29) is 5.91 Å². The second-order valence-corrected chi connectivity index (χ2v) is 9.79. The minimum atomic E-state index is -0.194. The highest BCUT2D eigenvalue weighted by atomic mass is 35.5. The Hall–Kier alpha value is -1.92. The molecule has 3 aromatic rings. The van der Waals surface area contributed by atoms with Gasteiger partial charge in [0.1, 0.15) is 11.3 Å². The molecule has 7 heteroatoms. The van der Waals surface area contributed by atoms with Crippen molar-refractivity contribution in [2.75, 3.05) is 5.32 Å². The molecule has 4 rings (SSSR count). The number of anilines is 1. The molecule has 0 aromatic carbocycles. The van der Waals surface area contributed by atoms with E-state index in [2.05, 4.69) is 36.1 Å². The molecule has 0 radical (unpaired) electrons. The maximum absolute atomic E-state index is 12.9. The van der Waals surface area contributed by atoms with Crippen LogP contribution < -0.4 is 5.32 Å². The number of aryl methyl sites for hydroxylation is 2. The maximum atomic E-state index is 12.9. The van der Waals surface area contributed by atoms with Gasteiger partial charge in [0.15, 0.2) is 5.13 Å². The fourth-order valence-electron chi connectivity index (χ4n) is 3.74. The topological polar surface area (TPSA) is 59.3 Å². The number of imidazole rings is 1. The normalized spacial score (nSPS) is 17.1. The number of rotatable bonds is 2. The molecule has 0 fully saturated rings. The molecule has 0 saturated heterocycles. The van der Waals surface area contributed by atoms with E-state index in [0.717, 1.165) is 25.0 Å². The lowest BCUT2D eigenvalue weighted by Gasteiger charge is -2.33. The average molecular weight is 403 g/mol. The Labute approximate surface area is 167 Å². The third-order valence-corrected chi connectivity index (χ3v) is 6.63. The van der Waals surface area contributed by atoms with Crippen molar-refractivity contribution in [3.63, 3.8) is 0 Å². The Morgan fingerprint density at radius 2 is 2.15 bits per heavy atom. The van der Waals surface area contributed by atoms with Crippen molar-refractivity contribution >= 4 is 39.6 Å². The van der Waals surface area contributed by atoms with Crippen LogP contribution in [0.4, 0.5) is 5.13 Å². The molecule has 1 aliphatic carbocycles. The molecule has 1 unspecified atom stereocenters. The fourth-order valence-corrected chi connectivity index (χ4v) is 4.97. The Morgan fingerprint density at radius 3 is 2.89 bits per heavy atom. The van der Waals surface area contributed by atoms with Crippen LogP contribution in [-0.4, -0.2) is 20.3 Å². The van der Waals surface area contributed by atoms with Gasteiger partial charge in [0.2, 0.25) is 0 Å². The van der Waals surface area contributed by atoms with Crippen molar-refractivity contribution in [3.05, 3.63) is 45.3 Å². The van der Waals surface area contributed by atoms with Gasteiger partial charge in [-0.25, -0.2) is 9.97 Å². The average Bonchev–Trinajstić information content (AvgIpc) is 3.11.